The van der Waals surface area contributed by atoms with E-state index in [4.69, 9.17) is 0 Å². The summed E-state index contributed by atoms with van der Waals surface area (Å²) in [5.74, 6) is 1.32. The minimum atomic E-state index is 0.573. The molecule has 0 amide bonds. The lowest BCUT2D eigenvalue weighted by Gasteiger charge is -2.21. The minimum Gasteiger partial charge on any atom is -0.372 e. The first-order chi connectivity index (χ1) is 13.7. The number of anilines is 4. The van der Waals surface area contributed by atoms with Gasteiger partial charge in [0.1, 0.15) is 5.82 Å². The maximum atomic E-state index is 4.63. The Balaban J connectivity index is 1.87. The summed E-state index contributed by atoms with van der Waals surface area (Å²) in [5.41, 5.74) is 4.12. The third-order valence-electron chi connectivity index (χ3n) is 4.47. The zero-order chi connectivity index (χ0) is 19.8. The van der Waals surface area contributed by atoms with Crippen molar-refractivity contribution in [2.24, 2.45) is 0 Å². The molecule has 2 aromatic carbocycles. The second-order valence-electron chi connectivity index (χ2n) is 6.34. The molecule has 5 heteroatoms. The fourth-order valence-electron chi connectivity index (χ4n) is 3.00. The van der Waals surface area contributed by atoms with Crippen LogP contribution in [-0.4, -0.2) is 29.6 Å². The Hall–Kier alpha value is -3.34. The van der Waals surface area contributed by atoms with Crippen LogP contribution in [0.3, 0.4) is 0 Å². The Bertz CT molecular complexity index is 887. The van der Waals surface area contributed by atoms with Gasteiger partial charge in [-0.25, -0.2) is 4.98 Å². The quantitative estimate of drug-likeness (QED) is 0.496. The van der Waals surface area contributed by atoms with Gasteiger partial charge in [0.2, 0.25) is 5.95 Å². The summed E-state index contributed by atoms with van der Waals surface area (Å²) in [7, 11) is 0. The van der Waals surface area contributed by atoms with Crippen molar-refractivity contribution in [1.82, 2.24) is 9.97 Å². The van der Waals surface area contributed by atoms with Crippen molar-refractivity contribution in [3.05, 3.63) is 73.3 Å². The van der Waals surface area contributed by atoms with Crippen molar-refractivity contribution in [2.45, 2.75) is 13.8 Å². The normalized spacial score (nSPS) is 10.4. The molecule has 0 saturated carbocycles. The topological polar surface area (TPSA) is 53.1 Å². The number of rotatable bonds is 9. The molecule has 0 spiro atoms. The molecular weight excluding hydrogens is 346 g/mol. The van der Waals surface area contributed by atoms with E-state index in [2.05, 4.69) is 70.2 Å². The first-order valence-corrected chi connectivity index (χ1v) is 9.64. The highest BCUT2D eigenvalue weighted by atomic mass is 15.1. The van der Waals surface area contributed by atoms with E-state index in [0.29, 0.717) is 12.5 Å². The number of nitrogens with one attached hydrogen (secondary N) is 2. The molecule has 2 N–H and O–H groups in total. The molecule has 28 heavy (non-hydrogen) atoms. The molecule has 0 aliphatic rings. The third-order valence-corrected chi connectivity index (χ3v) is 4.47. The van der Waals surface area contributed by atoms with Gasteiger partial charge in [-0.15, -0.1) is 6.58 Å². The molecular formula is C23H27N5. The van der Waals surface area contributed by atoms with E-state index < -0.39 is 0 Å². The summed E-state index contributed by atoms with van der Waals surface area (Å²) in [4.78, 5) is 11.5. The van der Waals surface area contributed by atoms with Gasteiger partial charge in [0.25, 0.3) is 0 Å². The van der Waals surface area contributed by atoms with Crippen molar-refractivity contribution in [3.63, 3.8) is 0 Å². The molecule has 3 aromatic rings. The molecule has 0 bridgehead atoms. The lowest BCUT2D eigenvalue weighted by molar-refractivity contribution is 0.866. The average Bonchev–Trinajstić information content (AvgIpc) is 2.75. The summed E-state index contributed by atoms with van der Waals surface area (Å²) in [6, 6.07) is 20.5. The van der Waals surface area contributed by atoms with Gasteiger partial charge in [-0.3, -0.25) is 0 Å². The second kappa shape index (κ2) is 9.55. The number of nitrogens with zero attached hydrogens (tertiary/aromatic N) is 3. The smallest absolute Gasteiger partial charge is 0.225 e. The maximum absolute atomic E-state index is 4.63. The predicted molar refractivity (Wildman–Crippen MR) is 119 cm³/mol. The molecule has 3 rings (SSSR count). The van der Waals surface area contributed by atoms with Gasteiger partial charge < -0.3 is 15.5 Å². The Kier molecular flexibility index (Phi) is 6.63. The first kappa shape index (κ1) is 19.4. The van der Waals surface area contributed by atoms with Crippen LogP contribution in [0.5, 0.6) is 0 Å². The average molecular weight is 374 g/mol. The van der Waals surface area contributed by atoms with Gasteiger partial charge in [-0.05, 0) is 38.1 Å². The van der Waals surface area contributed by atoms with Gasteiger partial charge in [0, 0.05) is 42.6 Å². The molecule has 144 valence electrons. The summed E-state index contributed by atoms with van der Waals surface area (Å²) in [6.07, 6.45) is 1.79. The van der Waals surface area contributed by atoms with Crippen LogP contribution in [0.15, 0.2) is 73.3 Å². The summed E-state index contributed by atoms with van der Waals surface area (Å²) < 4.78 is 0. The third kappa shape index (κ3) is 4.88. The molecule has 0 unspecified atom stereocenters. The molecule has 0 aliphatic heterocycles. The van der Waals surface area contributed by atoms with Crippen molar-refractivity contribution >= 4 is 23.1 Å². The molecule has 0 aliphatic carbocycles. The molecule has 5 nitrogen and oxygen atoms in total. The van der Waals surface area contributed by atoms with E-state index in [9.17, 15) is 0 Å². The second-order valence-corrected chi connectivity index (χ2v) is 6.34. The number of aromatic nitrogens is 2. The fraction of sp³-hybridized carbons (Fsp3) is 0.217. The predicted octanol–water partition coefficient (Wildman–Crippen LogP) is 5.33. The summed E-state index contributed by atoms with van der Waals surface area (Å²) >= 11 is 0. The van der Waals surface area contributed by atoms with Gasteiger partial charge in [0.05, 0.1) is 5.69 Å². The van der Waals surface area contributed by atoms with Crippen LogP contribution in [0.25, 0.3) is 11.3 Å². The summed E-state index contributed by atoms with van der Waals surface area (Å²) in [6.45, 7) is 10.7. The minimum absolute atomic E-state index is 0.573. The molecule has 1 aromatic heterocycles. The molecule has 1 heterocycles. The summed E-state index contributed by atoms with van der Waals surface area (Å²) in [5, 5.41) is 6.58. The van der Waals surface area contributed by atoms with Crippen LogP contribution in [0.2, 0.25) is 0 Å². The lowest BCUT2D eigenvalue weighted by atomic mass is 10.1. The highest BCUT2D eigenvalue weighted by molar-refractivity contribution is 5.68. The highest BCUT2D eigenvalue weighted by Crippen LogP contribution is 2.25. The van der Waals surface area contributed by atoms with Crippen molar-refractivity contribution < 1.29 is 0 Å². The number of benzene rings is 2. The number of hydrogen-bond donors (Lipinski definition) is 2. The van der Waals surface area contributed by atoms with E-state index in [1.54, 1.807) is 6.08 Å². The highest BCUT2D eigenvalue weighted by Gasteiger charge is 2.08. The van der Waals surface area contributed by atoms with Crippen LogP contribution in [-0.2, 0) is 0 Å². The van der Waals surface area contributed by atoms with E-state index in [1.807, 2.05) is 36.4 Å². The SMILES string of the molecule is C=CCNc1nc(Nc2ccc(N(CC)CC)cc2)cc(-c2ccccc2)n1. The Morgan fingerprint density at radius 3 is 2.32 bits per heavy atom. The largest absolute Gasteiger partial charge is 0.372 e. The van der Waals surface area contributed by atoms with Crippen molar-refractivity contribution in [1.29, 1.82) is 0 Å². The van der Waals surface area contributed by atoms with E-state index in [1.165, 1.54) is 5.69 Å². The first-order valence-electron chi connectivity index (χ1n) is 9.64. The van der Waals surface area contributed by atoms with Crippen LogP contribution < -0.4 is 15.5 Å². The van der Waals surface area contributed by atoms with Gasteiger partial charge in [-0.1, -0.05) is 36.4 Å². The van der Waals surface area contributed by atoms with Crippen LogP contribution in [0.4, 0.5) is 23.1 Å². The lowest BCUT2D eigenvalue weighted by Crippen LogP contribution is -2.21. The molecule has 0 atom stereocenters. The van der Waals surface area contributed by atoms with Gasteiger partial charge in [0.15, 0.2) is 0 Å². The van der Waals surface area contributed by atoms with Crippen molar-refractivity contribution in [3.8, 4) is 11.3 Å². The zero-order valence-electron chi connectivity index (χ0n) is 16.5. The van der Waals surface area contributed by atoms with E-state index in [0.717, 1.165) is 35.9 Å². The van der Waals surface area contributed by atoms with E-state index >= 15 is 0 Å². The zero-order valence-corrected chi connectivity index (χ0v) is 16.5. The molecule has 0 radical (unpaired) electrons. The van der Waals surface area contributed by atoms with Crippen molar-refractivity contribution in [2.75, 3.05) is 35.2 Å². The molecule has 0 fully saturated rings. The standard InChI is InChI=1S/C23H27N5/c1-4-16-24-23-26-21(18-10-8-7-9-11-18)17-22(27-23)25-19-12-14-20(15-13-19)28(5-2)6-3/h4,7-15,17H,1,5-6,16H2,2-3H3,(H2,24,25,26,27). The fourth-order valence-corrected chi connectivity index (χ4v) is 3.00. The maximum Gasteiger partial charge on any atom is 0.225 e. The number of hydrogen-bond acceptors (Lipinski definition) is 5. The Morgan fingerprint density at radius 2 is 1.68 bits per heavy atom. The van der Waals surface area contributed by atoms with Gasteiger partial charge in [-0.2, -0.15) is 4.98 Å². The van der Waals surface area contributed by atoms with Crippen LogP contribution in [0.1, 0.15) is 13.8 Å². The van der Waals surface area contributed by atoms with Crippen LogP contribution >= 0.6 is 0 Å². The van der Waals surface area contributed by atoms with Gasteiger partial charge >= 0.3 is 0 Å². The Morgan fingerprint density at radius 1 is 0.964 bits per heavy atom. The van der Waals surface area contributed by atoms with E-state index in [-0.39, 0.29) is 0 Å². The molecule has 0 saturated heterocycles. The monoisotopic (exact) mass is 373 g/mol. The van der Waals surface area contributed by atoms with Crippen LogP contribution in [0, 0.1) is 0 Å². The Labute approximate surface area is 167 Å².